The lowest BCUT2D eigenvalue weighted by Crippen LogP contribution is -2.45. The van der Waals surface area contributed by atoms with Crippen LogP contribution in [0.2, 0.25) is 0 Å². The van der Waals surface area contributed by atoms with Crippen LogP contribution in [0.1, 0.15) is 38.5 Å². The molecule has 5 nitrogen and oxygen atoms in total. The molecule has 0 aromatic carbocycles. The van der Waals surface area contributed by atoms with Gasteiger partial charge in [-0.15, -0.1) is 0 Å². The lowest BCUT2D eigenvalue weighted by atomic mass is 10.1. The fraction of sp³-hybridized carbons (Fsp3) is 0.917. The van der Waals surface area contributed by atoms with Crippen LogP contribution in [0, 0.1) is 0 Å². The van der Waals surface area contributed by atoms with E-state index in [-0.39, 0.29) is 25.7 Å². The van der Waals surface area contributed by atoms with Crippen molar-refractivity contribution < 1.29 is 15.0 Å². The summed E-state index contributed by atoms with van der Waals surface area (Å²) in [5, 5.41) is 23.5. The molecule has 0 atom stereocenters. The van der Waals surface area contributed by atoms with E-state index in [0.717, 1.165) is 12.8 Å². The molecule has 4 N–H and O–H groups in total. The van der Waals surface area contributed by atoms with Crippen molar-refractivity contribution in [3.8, 4) is 0 Å². The van der Waals surface area contributed by atoms with E-state index in [1.807, 2.05) is 0 Å². The van der Waals surface area contributed by atoms with Gasteiger partial charge in [0.2, 0.25) is 5.91 Å². The lowest BCUT2D eigenvalue weighted by Gasteiger charge is -2.18. The van der Waals surface area contributed by atoms with Gasteiger partial charge in [-0.25, -0.2) is 0 Å². The first-order valence-corrected chi connectivity index (χ1v) is 6.50. The number of aliphatic hydroxyl groups excluding tert-OH is 2. The number of aliphatic hydroxyl groups is 2. The molecule has 1 saturated carbocycles. The van der Waals surface area contributed by atoms with Gasteiger partial charge in [0.25, 0.3) is 0 Å². The van der Waals surface area contributed by atoms with Crippen molar-refractivity contribution in [2.24, 2.45) is 0 Å². The number of hydrogen-bond donors (Lipinski definition) is 4. The molecule has 0 spiro atoms. The van der Waals surface area contributed by atoms with Crippen LogP contribution in [0.4, 0.5) is 0 Å². The summed E-state index contributed by atoms with van der Waals surface area (Å²) < 4.78 is 0. The number of rotatable bonds is 6. The van der Waals surface area contributed by atoms with Gasteiger partial charge in [-0.2, -0.15) is 0 Å². The molecule has 0 aromatic rings. The second kappa shape index (κ2) is 8.44. The zero-order valence-corrected chi connectivity index (χ0v) is 10.3. The van der Waals surface area contributed by atoms with Gasteiger partial charge in [-0.05, 0) is 12.8 Å². The van der Waals surface area contributed by atoms with Crippen LogP contribution >= 0.6 is 0 Å². The molecule has 0 bridgehead atoms. The highest BCUT2D eigenvalue weighted by molar-refractivity contribution is 5.78. The summed E-state index contributed by atoms with van der Waals surface area (Å²) >= 11 is 0. The Labute approximate surface area is 103 Å². The Hall–Kier alpha value is -0.650. The number of amides is 1. The molecule has 17 heavy (non-hydrogen) atoms. The van der Waals surface area contributed by atoms with Crippen molar-refractivity contribution in [2.75, 3.05) is 19.8 Å². The van der Waals surface area contributed by atoms with Crippen molar-refractivity contribution in [1.82, 2.24) is 10.6 Å². The van der Waals surface area contributed by atoms with Gasteiger partial charge in [0.05, 0.1) is 25.8 Å². The van der Waals surface area contributed by atoms with E-state index in [2.05, 4.69) is 10.6 Å². The van der Waals surface area contributed by atoms with Crippen LogP contribution in [-0.4, -0.2) is 48.0 Å². The predicted molar refractivity (Wildman–Crippen MR) is 65.6 cm³/mol. The topological polar surface area (TPSA) is 81.6 Å². The van der Waals surface area contributed by atoms with Crippen molar-refractivity contribution in [3.05, 3.63) is 0 Å². The Morgan fingerprint density at radius 1 is 1.12 bits per heavy atom. The molecule has 1 aliphatic carbocycles. The molecule has 0 saturated heterocycles. The van der Waals surface area contributed by atoms with Gasteiger partial charge in [0, 0.05) is 6.04 Å². The Morgan fingerprint density at radius 3 is 2.24 bits per heavy atom. The van der Waals surface area contributed by atoms with E-state index in [1.165, 1.54) is 25.7 Å². The Morgan fingerprint density at radius 2 is 1.71 bits per heavy atom. The summed E-state index contributed by atoms with van der Waals surface area (Å²) in [6.07, 6.45) is 7.04. The third-order valence-electron chi connectivity index (χ3n) is 3.21. The molecular formula is C12H24N2O3. The molecule has 100 valence electrons. The summed E-state index contributed by atoms with van der Waals surface area (Å²) in [6, 6.07) is -0.108. The van der Waals surface area contributed by atoms with Crippen LogP contribution in [0.15, 0.2) is 0 Å². The average molecular weight is 244 g/mol. The number of nitrogens with one attached hydrogen (secondary N) is 2. The third-order valence-corrected chi connectivity index (χ3v) is 3.21. The van der Waals surface area contributed by atoms with Crippen molar-refractivity contribution >= 4 is 5.91 Å². The zero-order valence-electron chi connectivity index (χ0n) is 10.3. The molecular weight excluding hydrogens is 220 g/mol. The van der Waals surface area contributed by atoms with Gasteiger partial charge < -0.3 is 20.8 Å². The van der Waals surface area contributed by atoms with E-state index < -0.39 is 6.04 Å². The minimum absolute atomic E-state index is 0.0520. The van der Waals surface area contributed by atoms with Gasteiger partial charge in [-0.3, -0.25) is 4.79 Å². The first kappa shape index (κ1) is 14.4. The smallest absolute Gasteiger partial charge is 0.234 e. The van der Waals surface area contributed by atoms with Crippen LogP contribution in [0.5, 0.6) is 0 Å². The minimum Gasteiger partial charge on any atom is -0.395 e. The second-order valence-electron chi connectivity index (χ2n) is 4.70. The molecule has 0 radical (unpaired) electrons. The fourth-order valence-electron chi connectivity index (χ4n) is 2.13. The number of hydrogen-bond acceptors (Lipinski definition) is 4. The Bertz CT molecular complexity index is 212. The fourth-order valence-corrected chi connectivity index (χ4v) is 2.13. The van der Waals surface area contributed by atoms with E-state index in [0.29, 0.717) is 6.04 Å². The molecule has 0 heterocycles. The van der Waals surface area contributed by atoms with E-state index in [9.17, 15) is 4.79 Å². The van der Waals surface area contributed by atoms with E-state index in [4.69, 9.17) is 10.2 Å². The third kappa shape index (κ3) is 6.00. The molecule has 0 unspecified atom stereocenters. The highest BCUT2D eigenvalue weighted by Crippen LogP contribution is 2.16. The van der Waals surface area contributed by atoms with Gasteiger partial charge in [0.15, 0.2) is 0 Å². The standard InChI is InChI=1S/C12H24N2O3/c15-8-11(9-16)13-7-12(17)14-10-5-3-1-2-4-6-10/h10-11,13,15-16H,1-9H2,(H,14,17). The summed E-state index contributed by atoms with van der Waals surface area (Å²) in [5.74, 6) is -0.0520. The minimum atomic E-state index is -0.408. The van der Waals surface area contributed by atoms with Crippen LogP contribution < -0.4 is 10.6 Å². The van der Waals surface area contributed by atoms with Crippen LogP contribution in [0.25, 0.3) is 0 Å². The summed E-state index contributed by atoms with van der Waals surface area (Å²) in [4.78, 5) is 11.6. The monoisotopic (exact) mass is 244 g/mol. The average Bonchev–Trinajstić information content (AvgIpc) is 2.59. The number of carbonyl (C=O) groups excluding carboxylic acids is 1. The maximum Gasteiger partial charge on any atom is 0.234 e. The van der Waals surface area contributed by atoms with Gasteiger partial charge in [0.1, 0.15) is 0 Å². The lowest BCUT2D eigenvalue weighted by molar-refractivity contribution is -0.121. The quantitative estimate of drug-likeness (QED) is 0.486. The predicted octanol–water partition coefficient (Wildman–Crippen LogP) is -0.232. The second-order valence-corrected chi connectivity index (χ2v) is 4.70. The van der Waals surface area contributed by atoms with Crippen molar-refractivity contribution in [2.45, 2.75) is 50.6 Å². The number of carbonyl (C=O) groups is 1. The summed E-state index contributed by atoms with van der Waals surface area (Å²) in [7, 11) is 0. The molecule has 5 heteroatoms. The molecule has 0 aromatic heterocycles. The summed E-state index contributed by atoms with van der Waals surface area (Å²) in [5.41, 5.74) is 0. The van der Waals surface area contributed by atoms with Crippen molar-refractivity contribution in [1.29, 1.82) is 0 Å². The molecule has 1 aliphatic rings. The SMILES string of the molecule is O=C(CNC(CO)CO)NC1CCCCCC1. The van der Waals surface area contributed by atoms with E-state index >= 15 is 0 Å². The van der Waals surface area contributed by atoms with Crippen LogP contribution in [0.3, 0.4) is 0 Å². The molecule has 1 fully saturated rings. The molecule has 1 amide bonds. The van der Waals surface area contributed by atoms with Gasteiger partial charge in [-0.1, -0.05) is 25.7 Å². The van der Waals surface area contributed by atoms with Gasteiger partial charge >= 0.3 is 0 Å². The highest BCUT2D eigenvalue weighted by Gasteiger charge is 2.15. The first-order valence-electron chi connectivity index (χ1n) is 6.50. The zero-order chi connectivity index (χ0) is 12.5. The molecule has 0 aliphatic heterocycles. The van der Waals surface area contributed by atoms with Crippen LogP contribution in [-0.2, 0) is 4.79 Å². The Balaban J connectivity index is 2.18. The maximum atomic E-state index is 11.6. The Kier molecular flexibility index (Phi) is 7.16. The molecule has 1 rings (SSSR count). The highest BCUT2D eigenvalue weighted by atomic mass is 16.3. The largest absolute Gasteiger partial charge is 0.395 e. The van der Waals surface area contributed by atoms with E-state index in [1.54, 1.807) is 0 Å². The maximum absolute atomic E-state index is 11.6. The first-order chi connectivity index (χ1) is 8.26. The normalized spacial score (nSPS) is 18.1. The summed E-state index contributed by atoms with van der Waals surface area (Å²) in [6.45, 7) is -0.164. The van der Waals surface area contributed by atoms with Crippen molar-refractivity contribution in [3.63, 3.8) is 0 Å².